The van der Waals surface area contributed by atoms with Crippen LogP contribution in [0.5, 0.6) is 5.75 Å². The van der Waals surface area contributed by atoms with Crippen molar-refractivity contribution in [2.45, 2.75) is 12.8 Å². The topological polar surface area (TPSA) is 49.3 Å². The van der Waals surface area contributed by atoms with Crippen LogP contribution in [0.4, 0.5) is 5.69 Å². The molecule has 2 N–H and O–H groups in total. The zero-order chi connectivity index (χ0) is 14.5. The summed E-state index contributed by atoms with van der Waals surface area (Å²) in [6.45, 7) is 0. The maximum absolute atomic E-state index is 11.8. The van der Waals surface area contributed by atoms with E-state index in [1.54, 1.807) is 36.4 Å². The van der Waals surface area contributed by atoms with Crippen LogP contribution in [0, 0.1) is 0 Å². The molecular weight excluding hydrogens is 297 g/mol. The molecule has 2 aromatic carbocycles. The molecule has 0 aliphatic heterocycles. The number of amides is 1. The van der Waals surface area contributed by atoms with Gasteiger partial charge >= 0.3 is 0 Å². The summed E-state index contributed by atoms with van der Waals surface area (Å²) in [7, 11) is 0. The molecule has 0 aliphatic carbocycles. The van der Waals surface area contributed by atoms with E-state index in [0.29, 0.717) is 22.2 Å². The fraction of sp³-hybridized carbons (Fsp3) is 0.133. The second-order valence-electron chi connectivity index (χ2n) is 4.31. The molecule has 0 heterocycles. The molecule has 0 unspecified atom stereocenters. The maximum atomic E-state index is 11.8. The van der Waals surface area contributed by atoms with Crippen molar-refractivity contribution in [1.82, 2.24) is 0 Å². The smallest absolute Gasteiger partial charge is 0.224 e. The molecule has 2 rings (SSSR count). The number of nitrogens with one attached hydrogen (secondary N) is 1. The zero-order valence-electron chi connectivity index (χ0n) is 10.6. The van der Waals surface area contributed by atoms with Crippen LogP contribution in [0.15, 0.2) is 42.5 Å². The standard InChI is InChI=1S/C15H13Cl2NO2/c16-12-7-6-11(9-13(12)17)18-15(20)8-5-10-3-1-2-4-14(10)19/h1-4,6-7,9,19H,5,8H2,(H,18,20). The molecule has 0 fully saturated rings. The number of phenolic OH excluding ortho intramolecular Hbond substituents is 1. The quantitative estimate of drug-likeness (QED) is 0.886. The molecule has 3 nitrogen and oxygen atoms in total. The van der Waals surface area contributed by atoms with Crippen LogP contribution in [0.3, 0.4) is 0 Å². The van der Waals surface area contributed by atoms with Crippen LogP contribution < -0.4 is 5.32 Å². The molecule has 5 heteroatoms. The van der Waals surface area contributed by atoms with Crippen molar-refractivity contribution in [1.29, 1.82) is 0 Å². The molecule has 0 spiro atoms. The number of carbonyl (C=O) groups is 1. The molecule has 1 amide bonds. The minimum absolute atomic E-state index is 0.147. The number of benzene rings is 2. The Labute approximate surface area is 127 Å². The Balaban J connectivity index is 1.93. The van der Waals surface area contributed by atoms with Gasteiger partial charge in [-0.25, -0.2) is 0 Å². The maximum Gasteiger partial charge on any atom is 0.224 e. The van der Waals surface area contributed by atoms with Crippen LogP contribution in [-0.4, -0.2) is 11.0 Å². The van der Waals surface area contributed by atoms with Crippen molar-refractivity contribution in [3.05, 3.63) is 58.1 Å². The van der Waals surface area contributed by atoms with E-state index in [0.717, 1.165) is 5.56 Å². The van der Waals surface area contributed by atoms with Gasteiger partial charge in [0.2, 0.25) is 5.91 Å². The third-order valence-electron chi connectivity index (χ3n) is 2.82. The minimum atomic E-state index is -0.147. The van der Waals surface area contributed by atoms with Gasteiger partial charge in [0.15, 0.2) is 0 Å². The number of phenols is 1. The second-order valence-corrected chi connectivity index (χ2v) is 5.12. The van der Waals surface area contributed by atoms with Gasteiger partial charge in [-0.05, 0) is 36.2 Å². The normalized spacial score (nSPS) is 10.3. The molecule has 104 valence electrons. The number of anilines is 1. The minimum Gasteiger partial charge on any atom is -0.508 e. The van der Waals surface area contributed by atoms with E-state index in [1.165, 1.54) is 0 Å². The molecule has 0 atom stereocenters. The summed E-state index contributed by atoms with van der Waals surface area (Å²) >= 11 is 11.7. The third kappa shape index (κ3) is 3.89. The van der Waals surface area contributed by atoms with Gasteiger partial charge in [0.1, 0.15) is 5.75 Å². The summed E-state index contributed by atoms with van der Waals surface area (Å²) in [6.07, 6.45) is 0.748. The third-order valence-corrected chi connectivity index (χ3v) is 3.56. The first-order valence-corrected chi connectivity index (χ1v) is 6.83. The molecule has 20 heavy (non-hydrogen) atoms. The predicted molar refractivity (Wildman–Crippen MR) is 81.5 cm³/mol. The Morgan fingerprint density at radius 2 is 1.85 bits per heavy atom. The lowest BCUT2D eigenvalue weighted by atomic mass is 10.1. The number of hydrogen-bond donors (Lipinski definition) is 2. The Kier molecular flexibility index (Phi) is 4.88. The number of halogens is 2. The van der Waals surface area contributed by atoms with Crippen LogP contribution >= 0.6 is 23.2 Å². The number of rotatable bonds is 4. The summed E-state index contributed by atoms with van der Waals surface area (Å²) in [5.41, 5.74) is 1.35. The first kappa shape index (κ1) is 14.7. The lowest BCUT2D eigenvalue weighted by Crippen LogP contribution is -2.12. The van der Waals surface area contributed by atoms with Gasteiger partial charge in [0, 0.05) is 12.1 Å². The fourth-order valence-corrected chi connectivity index (χ4v) is 2.07. The van der Waals surface area contributed by atoms with E-state index in [1.807, 2.05) is 6.07 Å². The lowest BCUT2D eigenvalue weighted by molar-refractivity contribution is -0.116. The first-order chi connectivity index (χ1) is 9.56. The summed E-state index contributed by atoms with van der Waals surface area (Å²) in [4.78, 5) is 11.8. The molecule has 2 aromatic rings. The summed E-state index contributed by atoms with van der Waals surface area (Å²) in [5.74, 6) is 0.0569. The number of aromatic hydroxyl groups is 1. The summed E-state index contributed by atoms with van der Waals surface area (Å²) < 4.78 is 0. The molecule has 0 radical (unpaired) electrons. The average Bonchev–Trinajstić information content (AvgIpc) is 2.42. The van der Waals surface area contributed by atoms with Crippen LogP contribution in [-0.2, 0) is 11.2 Å². The van der Waals surface area contributed by atoms with Gasteiger partial charge in [0.25, 0.3) is 0 Å². The van der Waals surface area contributed by atoms with Crippen LogP contribution in [0.2, 0.25) is 10.0 Å². The number of carbonyl (C=O) groups excluding carboxylic acids is 1. The highest BCUT2D eigenvalue weighted by Crippen LogP contribution is 2.25. The highest BCUT2D eigenvalue weighted by Gasteiger charge is 2.07. The number of para-hydroxylation sites is 1. The van der Waals surface area contributed by atoms with Crippen LogP contribution in [0.25, 0.3) is 0 Å². The van der Waals surface area contributed by atoms with Gasteiger partial charge in [-0.15, -0.1) is 0 Å². The Morgan fingerprint density at radius 1 is 1.10 bits per heavy atom. The van der Waals surface area contributed by atoms with Crippen molar-refractivity contribution >= 4 is 34.8 Å². The van der Waals surface area contributed by atoms with E-state index in [2.05, 4.69) is 5.32 Å². The fourth-order valence-electron chi connectivity index (χ4n) is 1.77. The van der Waals surface area contributed by atoms with E-state index in [9.17, 15) is 9.90 Å². The lowest BCUT2D eigenvalue weighted by Gasteiger charge is -2.07. The predicted octanol–water partition coefficient (Wildman–Crippen LogP) is 4.27. The summed E-state index contributed by atoms with van der Waals surface area (Å²) in [5, 5.41) is 13.2. The molecule has 0 saturated carbocycles. The second kappa shape index (κ2) is 6.64. The number of hydrogen-bond acceptors (Lipinski definition) is 2. The van der Waals surface area contributed by atoms with Crippen molar-refractivity contribution < 1.29 is 9.90 Å². The molecule has 0 saturated heterocycles. The molecular formula is C15H13Cl2NO2. The Hall–Kier alpha value is -1.71. The Morgan fingerprint density at radius 3 is 2.55 bits per heavy atom. The van der Waals surface area contributed by atoms with Crippen molar-refractivity contribution in [2.24, 2.45) is 0 Å². The van der Waals surface area contributed by atoms with Gasteiger partial charge in [-0.2, -0.15) is 0 Å². The van der Waals surface area contributed by atoms with E-state index < -0.39 is 0 Å². The molecule has 0 aromatic heterocycles. The van der Waals surface area contributed by atoms with Gasteiger partial charge in [-0.3, -0.25) is 4.79 Å². The molecule has 0 bridgehead atoms. The van der Waals surface area contributed by atoms with Crippen molar-refractivity contribution in [3.8, 4) is 5.75 Å². The van der Waals surface area contributed by atoms with Gasteiger partial charge < -0.3 is 10.4 Å². The zero-order valence-corrected chi connectivity index (χ0v) is 12.1. The number of aryl methyl sites for hydroxylation is 1. The first-order valence-electron chi connectivity index (χ1n) is 6.08. The average molecular weight is 310 g/mol. The Bertz CT molecular complexity index is 629. The van der Waals surface area contributed by atoms with Crippen LogP contribution in [0.1, 0.15) is 12.0 Å². The van der Waals surface area contributed by atoms with E-state index >= 15 is 0 Å². The van der Waals surface area contributed by atoms with Crippen molar-refractivity contribution in [3.63, 3.8) is 0 Å². The highest BCUT2D eigenvalue weighted by molar-refractivity contribution is 6.42. The largest absolute Gasteiger partial charge is 0.508 e. The van der Waals surface area contributed by atoms with Gasteiger partial charge in [-0.1, -0.05) is 41.4 Å². The van der Waals surface area contributed by atoms with Gasteiger partial charge in [0.05, 0.1) is 10.0 Å². The molecule has 0 aliphatic rings. The summed E-state index contributed by atoms with van der Waals surface area (Å²) in [6, 6.07) is 11.9. The van der Waals surface area contributed by atoms with Crippen molar-refractivity contribution in [2.75, 3.05) is 5.32 Å². The highest BCUT2D eigenvalue weighted by atomic mass is 35.5. The SMILES string of the molecule is O=C(CCc1ccccc1O)Nc1ccc(Cl)c(Cl)c1. The van der Waals surface area contributed by atoms with E-state index in [4.69, 9.17) is 23.2 Å². The monoisotopic (exact) mass is 309 g/mol. The van der Waals surface area contributed by atoms with E-state index in [-0.39, 0.29) is 18.1 Å².